The van der Waals surface area contributed by atoms with Crippen LogP contribution in [0.4, 0.5) is 6.01 Å². The average molecular weight is 277 g/mol. The van der Waals surface area contributed by atoms with Gasteiger partial charge in [-0.25, -0.2) is 4.79 Å². The summed E-state index contributed by atoms with van der Waals surface area (Å²) in [6.45, 7) is 3.02. The Morgan fingerprint density at radius 1 is 1.50 bits per heavy atom. The molecule has 3 rings (SSSR count). The van der Waals surface area contributed by atoms with Gasteiger partial charge in [0.15, 0.2) is 5.69 Å². The first-order valence-electron chi connectivity index (χ1n) is 6.30. The third-order valence-electron chi connectivity index (χ3n) is 3.47. The quantitative estimate of drug-likeness (QED) is 0.868. The summed E-state index contributed by atoms with van der Waals surface area (Å²) in [6.07, 6.45) is 1.13. The first kappa shape index (κ1) is 12.7. The lowest BCUT2D eigenvalue weighted by Gasteiger charge is -2.12. The molecule has 3 N–H and O–H groups in total. The Bertz CT molecular complexity index is 633. The highest BCUT2D eigenvalue weighted by molar-refractivity contribution is 5.85. The minimum Gasteiger partial charge on any atom is -0.476 e. The Hall–Kier alpha value is -2.28. The van der Waals surface area contributed by atoms with E-state index >= 15 is 0 Å². The first-order valence-corrected chi connectivity index (χ1v) is 6.30. The number of carboxylic acids is 1. The zero-order valence-electron chi connectivity index (χ0n) is 10.9. The van der Waals surface area contributed by atoms with Gasteiger partial charge in [-0.05, 0) is 19.1 Å². The molecule has 0 unspecified atom stereocenters. The maximum atomic E-state index is 10.8. The normalized spacial score (nSPS) is 22.4. The summed E-state index contributed by atoms with van der Waals surface area (Å²) in [4.78, 5) is 16.6. The molecule has 0 radical (unpaired) electrons. The fourth-order valence-electron chi connectivity index (χ4n) is 2.45. The number of aromatic carboxylic acids is 1. The standard InChI is InChI=1S/C13H15N3O4/c1-7-2-3-11(20-7)8-4-16(5-9(8)14)13-15-10(6-19-13)12(17)18/h2-3,6,8-9H,4-5,14H2,1H3,(H,17,18)/t8-,9-/m0/s1. The number of nitrogens with zero attached hydrogens (tertiary/aromatic N) is 2. The zero-order valence-corrected chi connectivity index (χ0v) is 10.9. The molecule has 7 heteroatoms. The third-order valence-corrected chi connectivity index (χ3v) is 3.47. The van der Waals surface area contributed by atoms with E-state index in [-0.39, 0.29) is 23.7 Å². The number of hydrogen-bond acceptors (Lipinski definition) is 6. The predicted octanol–water partition coefficient (Wildman–Crippen LogP) is 1.21. The number of anilines is 1. The van der Waals surface area contributed by atoms with E-state index in [0.717, 1.165) is 17.8 Å². The van der Waals surface area contributed by atoms with E-state index in [0.29, 0.717) is 13.1 Å². The minimum atomic E-state index is -1.11. The number of rotatable bonds is 3. The molecule has 0 aromatic carbocycles. The van der Waals surface area contributed by atoms with Crippen molar-refractivity contribution in [3.63, 3.8) is 0 Å². The largest absolute Gasteiger partial charge is 0.476 e. The Morgan fingerprint density at radius 3 is 2.90 bits per heavy atom. The van der Waals surface area contributed by atoms with Crippen molar-refractivity contribution in [2.24, 2.45) is 5.73 Å². The molecule has 0 amide bonds. The summed E-state index contributed by atoms with van der Waals surface area (Å²) in [5.41, 5.74) is 6.02. The lowest BCUT2D eigenvalue weighted by Crippen LogP contribution is -2.28. The van der Waals surface area contributed by atoms with Crippen LogP contribution < -0.4 is 10.6 Å². The smallest absolute Gasteiger partial charge is 0.357 e. The van der Waals surface area contributed by atoms with Crippen molar-refractivity contribution in [2.45, 2.75) is 18.9 Å². The monoisotopic (exact) mass is 277 g/mol. The number of furan rings is 1. The molecule has 2 aromatic heterocycles. The summed E-state index contributed by atoms with van der Waals surface area (Å²) in [6, 6.07) is 3.99. The molecule has 0 spiro atoms. The molecule has 7 nitrogen and oxygen atoms in total. The molecular formula is C13H15N3O4. The van der Waals surface area contributed by atoms with Gasteiger partial charge in [0, 0.05) is 19.1 Å². The Balaban J connectivity index is 1.78. The highest BCUT2D eigenvalue weighted by atomic mass is 16.4. The van der Waals surface area contributed by atoms with E-state index < -0.39 is 5.97 Å². The number of aryl methyl sites for hydroxylation is 1. The van der Waals surface area contributed by atoms with Gasteiger partial charge >= 0.3 is 5.97 Å². The molecule has 1 fully saturated rings. The number of carbonyl (C=O) groups is 1. The van der Waals surface area contributed by atoms with Crippen molar-refractivity contribution in [1.29, 1.82) is 0 Å². The SMILES string of the molecule is Cc1ccc([C@H]2CN(c3nc(C(=O)O)co3)C[C@@H]2N)o1. The summed E-state index contributed by atoms with van der Waals surface area (Å²) in [7, 11) is 0. The summed E-state index contributed by atoms with van der Waals surface area (Å²) in [5, 5.41) is 8.84. The van der Waals surface area contributed by atoms with Gasteiger partial charge in [-0.1, -0.05) is 0 Å². The van der Waals surface area contributed by atoms with Crippen molar-refractivity contribution < 1.29 is 18.7 Å². The molecule has 3 heterocycles. The molecule has 0 saturated carbocycles. The van der Waals surface area contributed by atoms with Crippen molar-refractivity contribution in [3.8, 4) is 0 Å². The van der Waals surface area contributed by atoms with Gasteiger partial charge in [0.1, 0.15) is 17.8 Å². The van der Waals surface area contributed by atoms with Crippen molar-refractivity contribution >= 4 is 12.0 Å². The maximum absolute atomic E-state index is 10.8. The van der Waals surface area contributed by atoms with E-state index in [2.05, 4.69) is 4.98 Å². The van der Waals surface area contributed by atoms with Crippen molar-refractivity contribution in [1.82, 2.24) is 4.98 Å². The van der Waals surface area contributed by atoms with Gasteiger partial charge in [-0.3, -0.25) is 0 Å². The van der Waals surface area contributed by atoms with Crippen LogP contribution in [0.15, 0.2) is 27.2 Å². The van der Waals surface area contributed by atoms with Crippen LogP contribution in [0.1, 0.15) is 27.9 Å². The van der Waals surface area contributed by atoms with Crippen LogP contribution in [0.5, 0.6) is 0 Å². The molecule has 2 atom stereocenters. The number of aromatic nitrogens is 1. The molecule has 20 heavy (non-hydrogen) atoms. The molecule has 2 aromatic rings. The van der Waals surface area contributed by atoms with E-state index in [4.69, 9.17) is 19.7 Å². The van der Waals surface area contributed by atoms with E-state index in [1.807, 2.05) is 24.0 Å². The Morgan fingerprint density at radius 2 is 2.30 bits per heavy atom. The number of oxazole rings is 1. The lowest BCUT2D eigenvalue weighted by molar-refractivity contribution is 0.0690. The highest BCUT2D eigenvalue weighted by Crippen LogP contribution is 2.30. The molecule has 106 valence electrons. The van der Waals surface area contributed by atoms with Crippen LogP contribution in [-0.4, -0.2) is 35.2 Å². The zero-order chi connectivity index (χ0) is 14.3. The van der Waals surface area contributed by atoms with Gasteiger partial charge in [0.2, 0.25) is 0 Å². The van der Waals surface area contributed by atoms with Gasteiger partial charge in [0.25, 0.3) is 6.01 Å². The predicted molar refractivity (Wildman–Crippen MR) is 69.8 cm³/mol. The molecule has 1 aliphatic rings. The molecule has 1 saturated heterocycles. The van der Waals surface area contributed by atoms with Crippen LogP contribution >= 0.6 is 0 Å². The summed E-state index contributed by atoms with van der Waals surface area (Å²) >= 11 is 0. The van der Waals surface area contributed by atoms with Gasteiger partial charge < -0.3 is 24.6 Å². The third kappa shape index (κ3) is 2.16. The lowest BCUT2D eigenvalue weighted by atomic mass is 10.0. The fourth-order valence-corrected chi connectivity index (χ4v) is 2.45. The van der Waals surface area contributed by atoms with E-state index in [1.165, 1.54) is 0 Å². The molecular weight excluding hydrogens is 262 g/mol. The highest BCUT2D eigenvalue weighted by Gasteiger charge is 2.35. The van der Waals surface area contributed by atoms with E-state index in [1.54, 1.807) is 0 Å². The number of nitrogens with two attached hydrogens (primary N) is 1. The topological polar surface area (TPSA) is 106 Å². The van der Waals surface area contributed by atoms with Crippen LogP contribution in [0, 0.1) is 6.92 Å². The van der Waals surface area contributed by atoms with Crippen LogP contribution in [0.3, 0.4) is 0 Å². The molecule has 1 aliphatic heterocycles. The van der Waals surface area contributed by atoms with E-state index in [9.17, 15) is 4.79 Å². The average Bonchev–Trinajstić information content (AvgIpc) is 3.07. The maximum Gasteiger partial charge on any atom is 0.357 e. The second-order valence-corrected chi connectivity index (χ2v) is 4.94. The van der Waals surface area contributed by atoms with Crippen LogP contribution in [0.2, 0.25) is 0 Å². The summed E-state index contributed by atoms with van der Waals surface area (Å²) < 4.78 is 10.8. The molecule has 0 aliphatic carbocycles. The summed E-state index contributed by atoms with van der Waals surface area (Å²) in [5.74, 6) is 0.614. The Labute approximate surface area is 115 Å². The van der Waals surface area contributed by atoms with Crippen LogP contribution in [0.25, 0.3) is 0 Å². The minimum absolute atomic E-state index is 0.0453. The fraction of sp³-hybridized carbons (Fsp3) is 0.385. The molecule has 0 bridgehead atoms. The van der Waals surface area contributed by atoms with Gasteiger partial charge in [0.05, 0.1) is 5.92 Å². The number of hydrogen-bond donors (Lipinski definition) is 2. The van der Waals surface area contributed by atoms with Gasteiger partial charge in [-0.15, -0.1) is 0 Å². The number of carboxylic acid groups (broad SMARTS) is 1. The van der Waals surface area contributed by atoms with Crippen molar-refractivity contribution in [3.05, 3.63) is 35.6 Å². The second-order valence-electron chi connectivity index (χ2n) is 4.94. The van der Waals surface area contributed by atoms with Crippen molar-refractivity contribution in [2.75, 3.05) is 18.0 Å². The second kappa shape index (κ2) is 4.68. The first-order chi connectivity index (χ1) is 9.54. The van der Waals surface area contributed by atoms with Crippen LogP contribution in [-0.2, 0) is 0 Å². The Kier molecular flexibility index (Phi) is 2.98. The van der Waals surface area contributed by atoms with Gasteiger partial charge in [-0.2, -0.15) is 4.98 Å².